The molecular formula is C13H15N3O2. The average Bonchev–Trinajstić information content (AvgIpc) is 3.08. The van der Waals surface area contributed by atoms with Gasteiger partial charge < -0.3 is 4.74 Å². The van der Waals surface area contributed by atoms with Gasteiger partial charge in [0, 0.05) is 19.2 Å². The van der Waals surface area contributed by atoms with Crippen LogP contribution in [0.5, 0.6) is 0 Å². The van der Waals surface area contributed by atoms with E-state index in [0.717, 1.165) is 24.9 Å². The predicted octanol–water partition coefficient (Wildman–Crippen LogP) is 1.19. The first kappa shape index (κ1) is 11.2. The number of carbonyl (C=O) groups excluding carboxylic acids is 1. The van der Waals surface area contributed by atoms with Crippen molar-refractivity contribution in [2.45, 2.75) is 18.9 Å². The molecule has 2 heterocycles. The minimum absolute atomic E-state index is 0.0720. The van der Waals surface area contributed by atoms with Crippen LogP contribution in [0.4, 0.5) is 0 Å². The summed E-state index contributed by atoms with van der Waals surface area (Å²) in [5.74, 6) is 0. The monoisotopic (exact) mass is 245 g/mol. The molecule has 1 aromatic rings. The molecule has 0 N–H and O–H groups in total. The van der Waals surface area contributed by atoms with Crippen molar-refractivity contribution < 1.29 is 9.53 Å². The maximum absolute atomic E-state index is 11.1. The molecule has 0 aromatic heterocycles. The van der Waals surface area contributed by atoms with Gasteiger partial charge in [-0.2, -0.15) is 5.10 Å². The summed E-state index contributed by atoms with van der Waals surface area (Å²) in [4.78, 5) is 12.8. The molecule has 1 fully saturated rings. The first-order chi connectivity index (χ1) is 8.88. The maximum Gasteiger partial charge on any atom is 0.228 e. The molecule has 0 radical (unpaired) electrons. The van der Waals surface area contributed by atoms with Crippen molar-refractivity contribution in [3.8, 4) is 0 Å². The fourth-order valence-electron chi connectivity index (χ4n) is 2.32. The third-order valence-corrected chi connectivity index (χ3v) is 3.23. The van der Waals surface area contributed by atoms with Crippen LogP contribution in [0.1, 0.15) is 18.1 Å². The molecule has 0 bridgehead atoms. The van der Waals surface area contributed by atoms with Crippen LogP contribution in [0.2, 0.25) is 0 Å². The second-order valence-corrected chi connectivity index (χ2v) is 4.41. The van der Waals surface area contributed by atoms with E-state index in [2.05, 4.69) is 5.10 Å². The Morgan fingerprint density at radius 2 is 2.17 bits per heavy atom. The van der Waals surface area contributed by atoms with E-state index in [-0.39, 0.29) is 12.5 Å². The molecule has 5 nitrogen and oxygen atoms in total. The van der Waals surface area contributed by atoms with Crippen LogP contribution >= 0.6 is 0 Å². The molecule has 1 saturated heterocycles. The number of hydrogen-bond acceptors (Lipinski definition) is 4. The fourth-order valence-corrected chi connectivity index (χ4v) is 2.32. The van der Waals surface area contributed by atoms with Crippen molar-refractivity contribution in [1.29, 1.82) is 0 Å². The first-order valence-electron chi connectivity index (χ1n) is 6.09. The highest BCUT2D eigenvalue weighted by Gasteiger charge is 2.37. The number of carbonyl (C=O) groups is 1. The SMILES string of the molecule is O=CN1CC(c2ccccc2)OC1N1CCC=N1. The molecular weight excluding hydrogens is 230 g/mol. The molecule has 1 aromatic carbocycles. The molecule has 0 saturated carbocycles. The molecule has 3 rings (SSSR count). The van der Waals surface area contributed by atoms with Crippen LogP contribution in [0.3, 0.4) is 0 Å². The minimum Gasteiger partial charge on any atom is -0.329 e. The van der Waals surface area contributed by atoms with Gasteiger partial charge in [0.25, 0.3) is 0 Å². The quantitative estimate of drug-likeness (QED) is 0.751. The summed E-state index contributed by atoms with van der Waals surface area (Å²) in [7, 11) is 0. The molecule has 94 valence electrons. The highest BCUT2D eigenvalue weighted by Crippen LogP contribution is 2.30. The van der Waals surface area contributed by atoms with Crippen molar-refractivity contribution >= 4 is 12.6 Å². The molecule has 2 atom stereocenters. The number of nitrogens with zero attached hydrogens (tertiary/aromatic N) is 3. The van der Waals surface area contributed by atoms with Gasteiger partial charge in [0.05, 0.1) is 6.54 Å². The minimum atomic E-state index is -0.369. The van der Waals surface area contributed by atoms with Crippen molar-refractivity contribution in [1.82, 2.24) is 9.91 Å². The number of hydrazone groups is 1. The molecule has 5 heteroatoms. The van der Waals surface area contributed by atoms with Crippen LogP contribution in [0.15, 0.2) is 35.4 Å². The van der Waals surface area contributed by atoms with Gasteiger partial charge in [-0.1, -0.05) is 30.3 Å². The molecule has 0 aliphatic carbocycles. The third kappa shape index (κ3) is 1.97. The Balaban J connectivity index is 1.77. The molecule has 18 heavy (non-hydrogen) atoms. The zero-order chi connectivity index (χ0) is 12.4. The molecule has 2 unspecified atom stereocenters. The van der Waals surface area contributed by atoms with Gasteiger partial charge in [0.1, 0.15) is 6.10 Å². The predicted molar refractivity (Wildman–Crippen MR) is 66.6 cm³/mol. The van der Waals surface area contributed by atoms with E-state index in [4.69, 9.17) is 4.74 Å². The normalized spacial score (nSPS) is 26.9. The summed E-state index contributed by atoms with van der Waals surface area (Å²) in [5, 5.41) is 6.04. The standard InChI is InChI=1S/C13H15N3O2/c17-10-15-9-12(11-5-2-1-3-6-11)18-13(15)16-8-4-7-14-16/h1-3,5-7,10,12-13H,4,8-9H2. The molecule has 2 aliphatic rings. The Morgan fingerprint density at radius 3 is 2.83 bits per heavy atom. The smallest absolute Gasteiger partial charge is 0.228 e. The zero-order valence-corrected chi connectivity index (χ0v) is 9.98. The lowest BCUT2D eigenvalue weighted by atomic mass is 10.1. The lowest BCUT2D eigenvalue weighted by Gasteiger charge is -2.26. The first-order valence-corrected chi connectivity index (χ1v) is 6.09. The van der Waals surface area contributed by atoms with Crippen molar-refractivity contribution in [2.24, 2.45) is 5.10 Å². The molecule has 2 aliphatic heterocycles. The lowest BCUT2D eigenvalue weighted by Crippen LogP contribution is -2.41. The average molecular weight is 245 g/mol. The van der Waals surface area contributed by atoms with E-state index >= 15 is 0 Å². The Bertz CT molecular complexity index is 449. The van der Waals surface area contributed by atoms with Gasteiger partial charge in [-0.05, 0) is 5.56 Å². The second-order valence-electron chi connectivity index (χ2n) is 4.41. The van der Waals surface area contributed by atoms with Crippen LogP contribution < -0.4 is 0 Å². The Hall–Kier alpha value is -1.88. The van der Waals surface area contributed by atoms with Crippen LogP contribution in [-0.4, -0.2) is 42.0 Å². The highest BCUT2D eigenvalue weighted by molar-refractivity contribution is 5.59. The van der Waals surface area contributed by atoms with Gasteiger partial charge in [0.2, 0.25) is 12.8 Å². The van der Waals surface area contributed by atoms with E-state index in [1.807, 2.05) is 41.6 Å². The van der Waals surface area contributed by atoms with Crippen molar-refractivity contribution in [3.63, 3.8) is 0 Å². The third-order valence-electron chi connectivity index (χ3n) is 3.23. The van der Waals surface area contributed by atoms with Gasteiger partial charge in [0.15, 0.2) is 0 Å². The number of benzene rings is 1. The number of amides is 1. The summed E-state index contributed by atoms with van der Waals surface area (Å²) in [6.45, 7) is 1.38. The summed E-state index contributed by atoms with van der Waals surface area (Å²) in [6, 6.07) is 9.96. The summed E-state index contributed by atoms with van der Waals surface area (Å²) in [6.07, 6.45) is 3.15. The number of hydrogen-bond donors (Lipinski definition) is 0. The fraction of sp³-hybridized carbons (Fsp3) is 0.385. The summed E-state index contributed by atoms with van der Waals surface area (Å²) in [5.41, 5.74) is 1.09. The van der Waals surface area contributed by atoms with Gasteiger partial charge in [-0.3, -0.25) is 14.7 Å². The number of ether oxygens (including phenoxy) is 1. The topological polar surface area (TPSA) is 45.1 Å². The zero-order valence-electron chi connectivity index (χ0n) is 9.98. The van der Waals surface area contributed by atoms with E-state index in [0.29, 0.717) is 6.54 Å². The number of rotatable bonds is 3. The molecule has 0 spiro atoms. The maximum atomic E-state index is 11.1. The van der Waals surface area contributed by atoms with Crippen LogP contribution in [-0.2, 0) is 9.53 Å². The summed E-state index contributed by atoms with van der Waals surface area (Å²) < 4.78 is 5.94. The largest absolute Gasteiger partial charge is 0.329 e. The van der Waals surface area contributed by atoms with E-state index in [1.165, 1.54) is 0 Å². The Morgan fingerprint density at radius 1 is 1.33 bits per heavy atom. The van der Waals surface area contributed by atoms with E-state index in [1.54, 1.807) is 4.90 Å². The van der Waals surface area contributed by atoms with Gasteiger partial charge in [-0.15, -0.1) is 0 Å². The van der Waals surface area contributed by atoms with Crippen molar-refractivity contribution in [2.75, 3.05) is 13.1 Å². The van der Waals surface area contributed by atoms with E-state index in [9.17, 15) is 4.79 Å². The summed E-state index contributed by atoms with van der Waals surface area (Å²) >= 11 is 0. The van der Waals surface area contributed by atoms with Crippen LogP contribution in [0, 0.1) is 0 Å². The van der Waals surface area contributed by atoms with Crippen LogP contribution in [0.25, 0.3) is 0 Å². The lowest BCUT2D eigenvalue weighted by molar-refractivity contribution is -0.138. The van der Waals surface area contributed by atoms with E-state index < -0.39 is 0 Å². The second kappa shape index (κ2) is 4.78. The molecule has 1 amide bonds. The van der Waals surface area contributed by atoms with Gasteiger partial charge >= 0.3 is 0 Å². The Kier molecular flexibility index (Phi) is 2.98. The highest BCUT2D eigenvalue weighted by atomic mass is 16.5. The Labute approximate surface area is 106 Å². The van der Waals surface area contributed by atoms with Crippen molar-refractivity contribution in [3.05, 3.63) is 35.9 Å². The van der Waals surface area contributed by atoms with Gasteiger partial charge in [-0.25, -0.2) is 0 Å².